The van der Waals surface area contributed by atoms with Crippen molar-refractivity contribution in [3.63, 3.8) is 0 Å². The molecule has 0 spiro atoms. The summed E-state index contributed by atoms with van der Waals surface area (Å²) in [6.07, 6.45) is 7.44. The van der Waals surface area contributed by atoms with Crippen molar-refractivity contribution < 1.29 is 9.59 Å². The molecule has 0 unspecified atom stereocenters. The van der Waals surface area contributed by atoms with Gasteiger partial charge in [0.05, 0.1) is 5.69 Å². The molecule has 1 aromatic carbocycles. The maximum Gasteiger partial charge on any atom is 0.249 e. The Morgan fingerprint density at radius 2 is 1.84 bits per heavy atom. The number of nitrogens with one attached hydrogen (secondary N) is 1. The lowest BCUT2D eigenvalue weighted by atomic mass is 10.1. The van der Waals surface area contributed by atoms with Crippen LogP contribution in [-0.2, 0) is 4.79 Å². The van der Waals surface area contributed by atoms with Crippen LogP contribution in [0.5, 0.6) is 0 Å². The fourth-order valence-electron chi connectivity index (χ4n) is 3.13. The van der Waals surface area contributed by atoms with Crippen LogP contribution in [0.1, 0.15) is 15.9 Å². The highest BCUT2D eigenvalue weighted by molar-refractivity contribution is 6.10. The number of ketones is 1. The zero-order chi connectivity index (χ0) is 21.8. The predicted octanol–water partition coefficient (Wildman–Crippen LogP) is 3.96. The molecule has 0 aliphatic carbocycles. The van der Waals surface area contributed by atoms with Crippen LogP contribution < -0.4 is 11.1 Å². The summed E-state index contributed by atoms with van der Waals surface area (Å²) in [5, 5.41) is 4.13. The summed E-state index contributed by atoms with van der Waals surface area (Å²) in [6.45, 7) is 1.97. The van der Waals surface area contributed by atoms with E-state index in [2.05, 4.69) is 20.3 Å². The van der Waals surface area contributed by atoms with Gasteiger partial charge in [-0.15, -0.1) is 0 Å². The maximum absolute atomic E-state index is 12.2. The molecule has 0 fully saturated rings. The number of hydrogen-bond donors (Lipinski definition) is 2. The number of hydrogen-bond acceptors (Lipinski definition) is 6. The van der Waals surface area contributed by atoms with Gasteiger partial charge in [-0.05, 0) is 42.1 Å². The number of rotatable bonds is 5. The lowest BCUT2D eigenvalue weighted by Gasteiger charge is -2.09. The Hall–Kier alpha value is -4.39. The van der Waals surface area contributed by atoms with Gasteiger partial charge >= 0.3 is 0 Å². The van der Waals surface area contributed by atoms with Gasteiger partial charge < -0.3 is 11.1 Å². The van der Waals surface area contributed by atoms with Crippen LogP contribution >= 0.6 is 0 Å². The number of anilines is 2. The second kappa shape index (κ2) is 8.54. The van der Waals surface area contributed by atoms with Gasteiger partial charge in [-0.3, -0.25) is 14.6 Å². The van der Waals surface area contributed by atoms with Crippen LogP contribution in [0.25, 0.3) is 22.0 Å². The molecule has 7 nitrogen and oxygen atoms in total. The van der Waals surface area contributed by atoms with E-state index < -0.39 is 5.91 Å². The quantitative estimate of drug-likeness (QED) is 0.381. The molecule has 3 N–H and O–H groups in total. The third kappa shape index (κ3) is 4.45. The molecule has 4 rings (SSSR count). The second-order valence-corrected chi connectivity index (χ2v) is 6.93. The topological polar surface area (TPSA) is 111 Å². The fraction of sp³-hybridized carbons (Fsp3) is 0.0417. The molecule has 0 aliphatic rings. The number of nitrogens with zero attached hydrogens (tertiary/aromatic N) is 3. The molecule has 3 heterocycles. The van der Waals surface area contributed by atoms with E-state index in [0.717, 1.165) is 16.5 Å². The zero-order valence-corrected chi connectivity index (χ0v) is 16.7. The summed E-state index contributed by atoms with van der Waals surface area (Å²) in [4.78, 5) is 37.2. The molecule has 31 heavy (non-hydrogen) atoms. The van der Waals surface area contributed by atoms with Crippen LogP contribution in [0, 0.1) is 6.92 Å². The van der Waals surface area contributed by atoms with Crippen molar-refractivity contribution in [1.29, 1.82) is 0 Å². The van der Waals surface area contributed by atoms with Crippen molar-refractivity contribution in [3.05, 3.63) is 90.4 Å². The summed E-state index contributed by atoms with van der Waals surface area (Å²) in [7, 11) is 0. The molecular weight excluding hydrogens is 390 g/mol. The fourth-order valence-corrected chi connectivity index (χ4v) is 3.13. The number of amides is 1. The lowest BCUT2D eigenvalue weighted by molar-refractivity contribution is -0.111. The number of aromatic nitrogens is 3. The van der Waals surface area contributed by atoms with E-state index in [9.17, 15) is 9.59 Å². The van der Waals surface area contributed by atoms with Crippen LogP contribution in [0.15, 0.2) is 79.3 Å². The molecule has 4 aromatic rings. The smallest absolute Gasteiger partial charge is 0.249 e. The van der Waals surface area contributed by atoms with Crippen molar-refractivity contribution in [3.8, 4) is 11.3 Å². The summed E-state index contributed by atoms with van der Waals surface area (Å²) in [5.74, 6) is -0.0257. The minimum atomic E-state index is -0.457. The molecule has 1 amide bonds. The molecule has 0 radical (unpaired) electrons. The number of allylic oxidation sites excluding steroid dienone is 1. The summed E-state index contributed by atoms with van der Waals surface area (Å²) < 4.78 is 0. The lowest BCUT2D eigenvalue weighted by Crippen LogP contribution is -2.10. The Bertz CT molecular complexity index is 1320. The maximum atomic E-state index is 12.2. The van der Waals surface area contributed by atoms with Gasteiger partial charge in [0.2, 0.25) is 5.91 Å². The minimum absolute atomic E-state index is 0.252. The molecule has 0 atom stereocenters. The number of pyridine rings is 3. The van der Waals surface area contributed by atoms with Gasteiger partial charge in [0, 0.05) is 41.2 Å². The first kappa shape index (κ1) is 19.9. The monoisotopic (exact) mass is 409 g/mol. The minimum Gasteiger partial charge on any atom is -0.383 e. The number of aryl methyl sites for hydroxylation is 1. The normalized spacial score (nSPS) is 11.0. The van der Waals surface area contributed by atoms with E-state index in [-0.39, 0.29) is 5.78 Å². The Morgan fingerprint density at radius 1 is 1.03 bits per heavy atom. The number of carbonyl (C=O) groups is 2. The third-order valence-electron chi connectivity index (χ3n) is 4.76. The Labute approximate surface area is 178 Å². The van der Waals surface area contributed by atoms with E-state index in [1.54, 1.807) is 48.9 Å². The average Bonchev–Trinajstić information content (AvgIpc) is 2.78. The predicted molar refractivity (Wildman–Crippen MR) is 120 cm³/mol. The highest BCUT2D eigenvalue weighted by atomic mass is 16.1. The first-order valence-corrected chi connectivity index (χ1v) is 9.57. The molecule has 3 aromatic heterocycles. The van der Waals surface area contributed by atoms with Gasteiger partial charge in [0.15, 0.2) is 5.78 Å². The van der Waals surface area contributed by atoms with E-state index in [4.69, 9.17) is 5.73 Å². The first-order valence-electron chi connectivity index (χ1n) is 9.57. The molecule has 0 saturated carbocycles. The SMILES string of the molecule is Cc1ccncc1-c1cc2cc(NC(=O)/C=C/C(=O)c3ccccc3)ncc2c(N)n1. The number of benzene rings is 1. The first-order chi connectivity index (χ1) is 15.0. The second-order valence-electron chi connectivity index (χ2n) is 6.93. The molecule has 0 aliphatic heterocycles. The average molecular weight is 409 g/mol. The van der Waals surface area contributed by atoms with Gasteiger partial charge in [-0.2, -0.15) is 0 Å². The molecular formula is C24H19N5O2. The zero-order valence-electron chi connectivity index (χ0n) is 16.7. The van der Waals surface area contributed by atoms with E-state index in [0.29, 0.717) is 28.3 Å². The summed E-state index contributed by atoms with van der Waals surface area (Å²) in [5.41, 5.74) is 9.22. The summed E-state index contributed by atoms with van der Waals surface area (Å²) in [6, 6.07) is 14.2. The standard InChI is InChI=1S/C24H19N5O2/c1-15-9-10-26-13-18(15)20-11-17-12-22(27-14-19(17)24(25)28-20)29-23(31)8-7-21(30)16-5-3-2-4-6-16/h2-14H,1H3,(H2,25,28)(H,27,29,31)/b8-7+. The largest absolute Gasteiger partial charge is 0.383 e. The highest BCUT2D eigenvalue weighted by Gasteiger charge is 2.10. The number of carbonyl (C=O) groups excluding carboxylic acids is 2. The van der Waals surface area contributed by atoms with Crippen LogP contribution in [0.4, 0.5) is 11.6 Å². The molecule has 0 bridgehead atoms. The van der Waals surface area contributed by atoms with E-state index in [1.165, 1.54) is 12.2 Å². The van der Waals surface area contributed by atoms with Gasteiger partial charge in [0.1, 0.15) is 11.6 Å². The number of fused-ring (bicyclic) bond motifs is 1. The van der Waals surface area contributed by atoms with Gasteiger partial charge in [-0.1, -0.05) is 30.3 Å². The van der Waals surface area contributed by atoms with E-state index in [1.807, 2.05) is 25.1 Å². The van der Waals surface area contributed by atoms with Crippen LogP contribution in [0.3, 0.4) is 0 Å². The van der Waals surface area contributed by atoms with E-state index >= 15 is 0 Å². The van der Waals surface area contributed by atoms with Crippen molar-refractivity contribution in [2.45, 2.75) is 6.92 Å². The number of nitrogens with two attached hydrogens (primary N) is 1. The third-order valence-corrected chi connectivity index (χ3v) is 4.76. The van der Waals surface area contributed by atoms with Crippen molar-refractivity contribution >= 4 is 34.1 Å². The molecule has 0 saturated heterocycles. The Morgan fingerprint density at radius 3 is 2.61 bits per heavy atom. The Balaban J connectivity index is 1.57. The summed E-state index contributed by atoms with van der Waals surface area (Å²) >= 11 is 0. The number of nitrogen functional groups attached to an aromatic ring is 1. The van der Waals surface area contributed by atoms with Crippen molar-refractivity contribution in [2.75, 3.05) is 11.1 Å². The van der Waals surface area contributed by atoms with Crippen molar-refractivity contribution in [1.82, 2.24) is 15.0 Å². The molecule has 152 valence electrons. The van der Waals surface area contributed by atoms with Gasteiger partial charge in [0.25, 0.3) is 0 Å². The van der Waals surface area contributed by atoms with Crippen LogP contribution in [-0.4, -0.2) is 26.6 Å². The Kier molecular flexibility index (Phi) is 5.49. The van der Waals surface area contributed by atoms with Gasteiger partial charge in [-0.25, -0.2) is 9.97 Å². The highest BCUT2D eigenvalue weighted by Crippen LogP contribution is 2.28. The molecule has 7 heteroatoms. The van der Waals surface area contributed by atoms with Crippen molar-refractivity contribution in [2.24, 2.45) is 0 Å². The van der Waals surface area contributed by atoms with Crippen LogP contribution in [0.2, 0.25) is 0 Å².